The van der Waals surface area contributed by atoms with Gasteiger partial charge in [-0.15, -0.1) is 10.2 Å². The van der Waals surface area contributed by atoms with Crippen molar-refractivity contribution in [2.24, 2.45) is 0 Å². The van der Waals surface area contributed by atoms with Crippen molar-refractivity contribution in [1.82, 2.24) is 10.2 Å². The summed E-state index contributed by atoms with van der Waals surface area (Å²) in [5.74, 6) is 0.413. The quantitative estimate of drug-likeness (QED) is 0.505. The number of aryl methyl sites for hydroxylation is 1. The smallest absolute Gasteiger partial charge is 0.246 e. The van der Waals surface area contributed by atoms with E-state index in [0.717, 1.165) is 27.1 Å². The fourth-order valence-electron chi connectivity index (χ4n) is 2.03. The molecule has 2 rings (SSSR count). The topological polar surface area (TPSA) is 92.3 Å². The number of rotatable bonds is 8. The first-order chi connectivity index (χ1) is 12.2. The lowest BCUT2D eigenvalue weighted by Gasteiger charge is -2.23. The Morgan fingerprint density at radius 1 is 1.38 bits per heavy atom. The standard InChI is InChI=1S/C15H19ClN4O3S3/c1-4-7-24-15-19-18-14(25-15)17-13(21)9-20(26(3,22)23)12-8-11(16)6-5-10(12)2/h5-6,8H,4,7,9H2,1-3H3,(H,17,18,21). The van der Waals surface area contributed by atoms with Crippen LogP contribution in [0.25, 0.3) is 0 Å². The molecule has 0 radical (unpaired) electrons. The maximum absolute atomic E-state index is 12.3. The zero-order valence-corrected chi connectivity index (χ0v) is 17.7. The Kier molecular flexibility index (Phi) is 7.27. The van der Waals surface area contributed by atoms with Gasteiger partial charge >= 0.3 is 0 Å². The Morgan fingerprint density at radius 3 is 2.77 bits per heavy atom. The number of thioether (sulfide) groups is 1. The molecule has 0 aliphatic rings. The molecule has 0 saturated carbocycles. The normalized spacial score (nSPS) is 11.4. The second-order valence-corrected chi connectivity index (χ2v) is 10.1. The minimum atomic E-state index is -3.67. The van der Waals surface area contributed by atoms with E-state index in [2.05, 4.69) is 22.4 Å². The summed E-state index contributed by atoms with van der Waals surface area (Å²) in [6, 6.07) is 4.89. The van der Waals surface area contributed by atoms with E-state index in [0.29, 0.717) is 21.4 Å². The van der Waals surface area contributed by atoms with Crippen LogP contribution >= 0.6 is 34.7 Å². The first-order valence-electron chi connectivity index (χ1n) is 7.70. The minimum absolute atomic E-state index is 0.338. The average Bonchev–Trinajstić information content (AvgIpc) is 2.99. The van der Waals surface area contributed by atoms with Crippen LogP contribution in [0.3, 0.4) is 0 Å². The number of nitrogens with one attached hydrogen (secondary N) is 1. The molecule has 2 aromatic rings. The SMILES string of the molecule is CCCSc1nnc(NC(=O)CN(c2cc(Cl)ccc2C)S(C)(=O)=O)s1. The molecule has 0 fully saturated rings. The van der Waals surface area contributed by atoms with Crippen LogP contribution in [0.2, 0.25) is 5.02 Å². The second kappa shape index (κ2) is 9.03. The van der Waals surface area contributed by atoms with E-state index in [1.807, 2.05) is 0 Å². The summed E-state index contributed by atoms with van der Waals surface area (Å²) in [5, 5.41) is 11.2. The van der Waals surface area contributed by atoms with E-state index in [-0.39, 0.29) is 6.54 Å². The minimum Gasteiger partial charge on any atom is -0.299 e. The number of aromatic nitrogens is 2. The number of halogens is 1. The molecule has 0 bridgehead atoms. The molecule has 0 aliphatic heterocycles. The van der Waals surface area contributed by atoms with Crippen molar-refractivity contribution in [2.75, 3.05) is 28.2 Å². The Morgan fingerprint density at radius 2 is 2.12 bits per heavy atom. The highest BCUT2D eigenvalue weighted by Crippen LogP contribution is 2.27. The third kappa shape index (κ3) is 5.83. The van der Waals surface area contributed by atoms with Crippen molar-refractivity contribution in [2.45, 2.75) is 24.6 Å². The number of amides is 1. The second-order valence-electron chi connectivity index (χ2n) is 5.47. The molecular formula is C15H19ClN4O3S3. The van der Waals surface area contributed by atoms with Gasteiger partial charge in [-0.2, -0.15) is 0 Å². The van der Waals surface area contributed by atoms with Gasteiger partial charge in [-0.05, 0) is 31.0 Å². The van der Waals surface area contributed by atoms with E-state index in [4.69, 9.17) is 11.6 Å². The molecular weight excluding hydrogens is 416 g/mol. The van der Waals surface area contributed by atoms with Gasteiger partial charge in [0.15, 0.2) is 4.34 Å². The van der Waals surface area contributed by atoms with Gasteiger partial charge < -0.3 is 0 Å². The Bertz CT molecular complexity index is 886. The maximum Gasteiger partial charge on any atom is 0.246 e. The molecule has 1 amide bonds. The Hall–Kier alpha value is -1.36. The lowest BCUT2D eigenvalue weighted by Crippen LogP contribution is -2.37. The highest BCUT2D eigenvalue weighted by atomic mass is 35.5. The number of carbonyl (C=O) groups excluding carboxylic acids is 1. The third-order valence-corrected chi connectivity index (χ3v) is 6.75. The van der Waals surface area contributed by atoms with E-state index < -0.39 is 15.9 Å². The lowest BCUT2D eigenvalue weighted by molar-refractivity contribution is -0.114. The molecule has 0 saturated heterocycles. The number of anilines is 2. The van der Waals surface area contributed by atoms with Gasteiger partial charge in [0.2, 0.25) is 21.1 Å². The summed E-state index contributed by atoms with van der Waals surface area (Å²) >= 11 is 8.80. The largest absolute Gasteiger partial charge is 0.299 e. The van der Waals surface area contributed by atoms with Crippen LogP contribution in [0.4, 0.5) is 10.8 Å². The van der Waals surface area contributed by atoms with Crippen molar-refractivity contribution in [3.05, 3.63) is 28.8 Å². The van der Waals surface area contributed by atoms with Gasteiger partial charge in [0.25, 0.3) is 0 Å². The fraction of sp³-hybridized carbons (Fsp3) is 0.400. The molecule has 0 spiro atoms. The summed E-state index contributed by atoms with van der Waals surface area (Å²) in [6.45, 7) is 3.44. The number of hydrogen-bond acceptors (Lipinski definition) is 7. The number of carbonyl (C=O) groups is 1. The summed E-state index contributed by atoms with van der Waals surface area (Å²) in [6.07, 6.45) is 2.05. The third-order valence-electron chi connectivity index (χ3n) is 3.21. The highest BCUT2D eigenvalue weighted by Gasteiger charge is 2.23. The van der Waals surface area contributed by atoms with Gasteiger partial charge in [0.1, 0.15) is 6.54 Å². The molecule has 142 valence electrons. The van der Waals surface area contributed by atoms with Crippen molar-refractivity contribution >= 4 is 61.4 Å². The van der Waals surface area contributed by atoms with Crippen LogP contribution in [0.1, 0.15) is 18.9 Å². The van der Waals surface area contributed by atoms with E-state index in [1.54, 1.807) is 30.8 Å². The van der Waals surface area contributed by atoms with Crippen LogP contribution in [-0.2, 0) is 14.8 Å². The first kappa shape index (κ1) is 20.9. The number of hydrogen-bond donors (Lipinski definition) is 1. The molecule has 1 heterocycles. The van der Waals surface area contributed by atoms with Crippen molar-refractivity contribution in [3.63, 3.8) is 0 Å². The summed E-state index contributed by atoms with van der Waals surface area (Å²) in [5.41, 5.74) is 1.06. The van der Waals surface area contributed by atoms with Gasteiger partial charge in [-0.25, -0.2) is 8.42 Å². The Balaban J connectivity index is 2.15. The van der Waals surface area contributed by atoms with Gasteiger partial charge in [0, 0.05) is 10.8 Å². The van der Waals surface area contributed by atoms with Gasteiger partial charge in [-0.1, -0.05) is 47.7 Å². The predicted octanol–water partition coefficient (Wildman–Crippen LogP) is 3.41. The zero-order valence-electron chi connectivity index (χ0n) is 14.5. The zero-order chi connectivity index (χ0) is 19.3. The summed E-state index contributed by atoms with van der Waals surface area (Å²) in [7, 11) is -3.67. The van der Waals surface area contributed by atoms with Crippen molar-refractivity contribution < 1.29 is 13.2 Å². The maximum atomic E-state index is 12.3. The molecule has 7 nitrogen and oxygen atoms in total. The first-order valence-corrected chi connectivity index (χ1v) is 11.7. The van der Waals surface area contributed by atoms with Crippen molar-refractivity contribution in [1.29, 1.82) is 0 Å². The Labute approximate surface area is 166 Å². The van der Waals surface area contributed by atoms with Crippen LogP contribution in [0.15, 0.2) is 22.5 Å². The van der Waals surface area contributed by atoms with E-state index in [1.165, 1.54) is 17.4 Å². The number of nitrogens with zero attached hydrogens (tertiary/aromatic N) is 3. The molecule has 1 N–H and O–H groups in total. The molecule has 11 heteroatoms. The number of sulfonamides is 1. The monoisotopic (exact) mass is 434 g/mol. The van der Waals surface area contributed by atoms with Crippen molar-refractivity contribution in [3.8, 4) is 0 Å². The predicted molar refractivity (Wildman–Crippen MR) is 108 cm³/mol. The molecule has 1 aromatic heterocycles. The van der Waals surface area contributed by atoms with Crippen LogP contribution < -0.4 is 9.62 Å². The average molecular weight is 435 g/mol. The van der Waals surface area contributed by atoms with Crippen LogP contribution in [0.5, 0.6) is 0 Å². The van der Waals surface area contributed by atoms with Crippen LogP contribution in [-0.4, -0.2) is 43.1 Å². The number of benzene rings is 1. The van der Waals surface area contributed by atoms with E-state index >= 15 is 0 Å². The summed E-state index contributed by atoms with van der Waals surface area (Å²) < 4.78 is 26.1. The highest BCUT2D eigenvalue weighted by molar-refractivity contribution is 8.01. The van der Waals surface area contributed by atoms with Gasteiger partial charge in [-0.3, -0.25) is 14.4 Å². The van der Waals surface area contributed by atoms with Gasteiger partial charge in [0.05, 0.1) is 11.9 Å². The van der Waals surface area contributed by atoms with E-state index in [9.17, 15) is 13.2 Å². The summed E-state index contributed by atoms with van der Waals surface area (Å²) in [4.78, 5) is 12.3. The lowest BCUT2D eigenvalue weighted by atomic mass is 10.2. The molecule has 26 heavy (non-hydrogen) atoms. The molecule has 0 aliphatic carbocycles. The molecule has 1 aromatic carbocycles. The molecule has 0 unspecified atom stereocenters. The molecule has 0 atom stereocenters. The van der Waals surface area contributed by atoms with Crippen LogP contribution in [0, 0.1) is 6.92 Å². The fourth-order valence-corrected chi connectivity index (χ4v) is 4.80.